The molecule has 2 nitrogen and oxygen atoms in total. The molecule has 0 bridgehead atoms. The van der Waals surface area contributed by atoms with Gasteiger partial charge in [0.05, 0.1) is 0 Å². The van der Waals surface area contributed by atoms with Gasteiger partial charge < -0.3 is 9.47 Å². The van der Waals surface area contributed by atoms with Crippen LogP contribution in [0, 0.1) is 0 Å². The summed E-state index contributed by atoms with van der Waals surface area (Å²) in [5.74, 6) is 0. The van der Waals surface area contributed by atoms with Crippen LogP contribution >= 0.6 is 0 Å². The average Bonchev–Trinajstić information content (AvgIpc) is 2.04. The monoisotopic (exact) mass is 148 g/mol. The lowest BCUT2D eigenvalue weighted by Gasteiger charge is -2.08. The third-order valence-corrected chi connectivity index (χ3v) is 0.889. The van der Waals surface area contributed by atoms with Crippen LogP contribution < -0.4 is 0 Å². The summed E-state index contributed by atoms with van der Waals surface area (Å²) in [6.45, 7) is 8.74. The van der Waals surface area contributed by atoms with E-state index in [9.17, 15) is 0 Å². The van der Waals surface area contributed by atoms with E-state index in [1.54, 1.807) is 7.11 Å². The first-order valence-corrected chi connectivity index (χ1v) is 3.95. The van der Waals surface area contributed by atoms with Crippen LogP contribution in [0.1, 0.15) is 34.1 Å². The Labute approximate surface area is 64.5 Å². The molecule has 0 aliphatic heterocycles. The molecule has 0 N–H and O–H groups in total. The lowest BCUT2D eigenvalue weighted by atomic mass is 10.5. The van der Waals surface area contributed by atoms with Gasteiger partial charge in [-0.15, -0.1) is 0 Å². The van der Waals surface area contributed by atoms with Gasteiger partial charge in [0.2, 0.25) is 0 Å². The van der Waals surface area contributed by atoms with Crippen molar-refractivity contribution in [3.05, 3.63) is 0 Å². The molecule has 0 rings (SSSR count). The maximum atomic E-state index is 5.12. The molecular weight excluding hydrogens is 128 g/mol. The zero-order valence-electron chi connectivity index (χ0n) is 7.81. The molecule has 0 saturated heterocycles. The van der Waals surface area contributed by atoms with Gasteiger partial charge in [-0.1, -0.05) is 20.8 Å². The summed E-state index contributed by atoms with van der Waals surface area (Å²) in [4.78, 5) is 0. The van der Waals surface area contributed by atoms with Gasteiger partial charge in [0.15, 0.2) is 6.29 Å². The van der Waals surface area contributed by atoms with Gasteiger partial charge in [0, 0.05) is 13.7 Å². The van der Waals surface area contributed by atoms with E-state index in [0.29, 0.717) is 0 Å². The number of hydrogen-bond acceptors (Lipinski definition) is 2. The van der Waals surface area contributed by atoms with Crippen molar-refractivity contribution in [2.75, 3.05) is 13.7 Å². The quantitative estimate of drug-likeness (QED) is 0.570. The lowest BCUT2D eigenvalue weighted by molar-refractivity contribution is -0.110. The van der Waals surface area contributed by atoms with E-state index in [1.165, 1.54) is 0 Å². The molecule has 0 aliphatic carbocycles. The Morgan fingerprint density at radius 3 is 2.10 bits per heavy atom. The molecule has 0 spiro atoms. The second kappa shape index (κ2) is 11.7. The average molecular weight is 148 g/mol. The van der Waals surface area contributed by atoms with Gasteiger partial charge in [-0.25, -0.2) is 0 Å². The summed E-state index contributed by atoms with van der Waals surface area (Å²) in [5.41, 5.74) is 0. The standard InChI is InChI=1S/C6H14O2.C2H6/c1-4-5-8-6(2)7-3;1-2/h6H,4-5H2,1-3H3;1-2H3. The Bertz CT molecular complexity index is 46.5. The minimum absolute atomic E-state index is 0.0463. The van der Waals surface area contributed by atoms with Crippen LogP contribution in [0.4, 0.5) is 0 Å². The Morgan fingerprint density at radius 1 is 1.30 bits per heavy atom. The Morgan fingerprint density at radius 2 is 1.80 bits per heavy atom. The summed E-state index contributed by atoms with van der Waals surface area (Å²) in [6.07, 6.45) is 1.00. The van der Waals surface area contributed by atoms with E-state index in [2.05, 4.69) is 6.92 Å². The highest BCUT2D eigenvalue weighted by atomic mass is 16.7. The molecule has 0 heterocycles. The van der Waals surface area contributed by atoms with E-state index >= 15 is 0 Å². The highest BCUT2D eigenvalue weighted by Gasteiger charge is 1.93. The Kier molecular flexibility index (Phi) is 14.7. The fraction of sp³-hybridized carbons (Fsp3) is 1.00. The molecule has 1 unspecified atom stereocenters. The third-order valence-electron chi connectivity index (χ3n) is 0.889. The molecule has 10 heavy (non-hydrogen) atoms. The van der Waals surface area contributed by atoms with Crippen molar-refractivity contribution in [3.8, 4) is 0 Å². The van der Waals surface area contributed by atoms with Crippen molar-refractivity contribution in [3.63, 3.8) is 0 Å². The fourth-order valence-electron chi connectivity index (χ4n) is 0.352. The van der Waals surface area contributed by atoms with Crippen molar-refractivity contribution in [1.82, 2.24) is 0 Å². The van der Waals surface area contributed by atoms with Gasteiger partial charge in [0.25, 0.3) is 0 Å². The molecule has 1 atom stereocenters. The molecular formula is C8H20O2. The largest absolute Gasteiger partial charge is 0.356 e. The first-order chi connectivity index (χ1) is 4.81. The van der Waals surface area contributed by atoms with Crippen LogP contribution in [0.5, 0.6) is 0 Å². The molecule has 0 aromatic carbocycles. The molecule has 0 aromatic heterocycles. The Balaban J connectivity index is 0. The minimum Gasteiger partial charge on any atom is -0.356 e. The van der Waals surface area contributed by atoms with Gasteiger partial charge in [0.1, 0.15) is 0 Å². The molecule has 2 heteroatoms. The molecule has 0 radical (unpaired) electrons. The zero-order valence-corrected chi connectivity index (χ0v) is 7.81. The summed E-state index contributed by atoms with van der Waals surface area (Å²) in [7, 11) is 1.64. The second-order valence-corrected chi connectivity index (χ2v) is 1.67. The van der Waals surface area contributed by atoms with Crippen LogP contribution in [0.2, 0.25) is 0 Å². The molecule has 0 fully saturated rings. The van der Waals surface area contributed by atoms with Crippen molar-refractivity contribution >= 4 is 0 Å². The zero-order chi connectivity index (χ0) is 8.41. The fourth-order valence-corrected chi connectivity index (χ4v) is 0.352. The van der Waals surface area contributed by atoms with Crippen LogP contribution in [0.25, 0.3) is 0 Å². The van der Waals surface area contributed by atoms with E-state index in [0.717, 1.165) is 13.0 Å². The van der Waals surface area contributed by atoms with E-state index in [1.807, 2.05) is 20.8 Å². The van der Waals surface area contributed by atoms with Crippen molar-refractivity contribution in [1.29, 1.82) is 0 Å². The van der Waals surface area contributed by atoms with E-state index < -0.39 is 0 Å². The van der Waals surface area contributed by atoms with Crippen LogP contribution in [-0.2, 0) is 9.47 Å². The molecule has 0 aliphatic rings. The van der Waals surface area contributed by atoms with Crippen LogP contribution in [0.3, 0.4) is 0 Å². The number of methoxy groups -OCH3 is 1. The predicted molar refractivity (Wildman–Crippen MR) is 44.1 cm³/mol. The molecule has 64 valence electrons. The van der Waals surface area contributed by atoms with E-state index in [4.69, 9.17) is 9.47 Å². The van der Waals surface area contributed by atoms with Crippen molar-refractivity contribution in [2.24, 2.45) is 0 Å². The summed E-state index contributed by atoms with van der Waals surface area (Å²) in [6, 6.07) is 0. The van der Waals surface area contributed by atoms with E-state index in [-0.39, 0.29) is 6.29 Å². The number of hydrogen-bond donors (Lipinski definition) is 0. The first kappa shape index (κ1) is 12.6. The maximum absolute atomic E-state index is 5.12. The number of ether oxygens (including phenoxy) is 2. The predicted octanol–water partition coefficient (Wildman–Crippen LogP) is 2.43. The molecule has 0 aromatic rings. The highest BCUT2D eigenvalue weighted by molar-refractivity contribution is 4.28. The van der Waals surface area contributed by atoms with Gasteiger partial charge in [-0.2, -0.15) is 0 Å². The van der Waals surface area contributed by atoms with Gasteiger partial charge >= 0.3 is 0 Å². The molecule has 0 amide bonds. The van der Waals surface area contributed by atoms with Gasteiger partial charge in [-0.3, -0.25) is 0 Å². The SMILES string of the molecule is CC.CCCOC(C)OC. The first-order valence-electron chi connectivity index (χ1n) is 3.95. The normalized spacial score (nSPS) is 11.7. The topological polar surface area (TPSA) is 18.5 Å². The maximum Gasteiger partial charge on any atom is 0.154 e. The minimum atomic E-state index is -0.0463. The third kappa shape index (κ3) is 10.8. The summed E-state index contributed by atoms with van der Waals surface area (Å²) in [5, 5.41) is 0. The second-order valence-electron chi connectivity index (χ2n) is 1.67. The lowest BCUT2D eigenvalue weighted by Crippen LogP contribution is -2.10. The number of rotatable bonds is 4. The van der Waals surface area contributed by atoms with Crippen LogP contribution in [0.15, 0.2) is 0 Å². The molecule has 0 saturated carbocycles. The summed E-state index contributed by atoms with van der Waals surface area (Å²) >= 11 is 0. The van der Waals surface area contributed by atoms with Crippen molar-refractivity contribution in [2.45, 2.75) is 40.4 Å². The van der Waals surface area contributed by atoms with Crippen LogP contribution in [-0.4, -0.2) is 20.0 Å². The Hall–Kier alpha value is -0.0800. The van der Waals surface area contributed by atoms with Gasteiger partial charge in [-0.05, 0) is 13.3 Å². The summed E-state index contributed by atoms with van der Waals surface area (Å²) < 4.78 is 9.95. The smallest absolute Gasteiger partial charge is 0.154 e. The highest BCUT2D eigenvalue weighted by Crippen LogP contribution is 1.90. The van der Waals surface area contributed by atoms with Crippen molar-refractivity contribution < 1.29 is 9.47 Å².